The summed E-state index contributed by atoms with van der Waals surface area (Å²) in [6.07, 6.45) is 6.06. The molecule has 0 bridgehead atoms. The lowest BCUT2D eigenvalue weighted by Crippen LogP contribution is -2.45. The molecule has 0 aromatic carbocycles. The molecule has 0 heterocycles. The molecule has 1 rings (SSSR count). The van der Waals surface area contributed by atoms with Gasteiger partial charge < -0.3 is 10.6 Å². The molecule has 0 aromatic rings. The van der Waals surface area contributed by atoms with Gasteiger partial charge in [-0.05, 0) is 31.6 Å². The number of nitrogens with one attached hydrogen (secondary N) is 2. The zero-order valence-corrected chi connectivity index (χ0v) is 12.4. The fraction of sp³-hybridized carbons (Fsp3) is 0.917. The van der Waals surface area contributed by atoms with Gasteiger partial charge in [-0.15, -0.1) is 0 Å². The molecular weight excluding hydrogens is 250 g/mol. The van der Waals surface area contributed by atoms with E-state index in [1.807, 2.05) is 0 Å². The monoisotopic (exact) mass is 275 g/mol. The number of aliphatic imine (C=N–C) groups is 1. The van der Waals surface area contributed by atoms with Crippen LogP contribution >= 0.6 is 0 Å². The molecule has 1 aliphatic rings. The summed E-state index contributed by atoms with van der Waals surface area (Å²) in [7, 11) is -1.20. The summed E-state index contributed by atoms with van der Waals surface area (Å²) in [5.41, 5.74) is 0. The van der Waals surface area contributed by atoms with Gasteiger partial charge in [0, 0.05) is 25.9 Å². The van der Waals surface area contributed by atoms with Crippen LogP contribution < -0.4 is 10.6 Å². The van der Waals surface area contributed by atoms with E-state index in [2.05, 4.69) is 22.5 Å². The van der Waals surface area contributed by atoms with Crippen molar-refractivity contribution in [3.63, 3.8) is 0 Å². The normalized spacial score (nSPS) is 25.8. The van der Waals surface area contributed by atoms with E-state index in [0.29, 0.717) is 18.5 Å². The van der Waals surface area contributed by atoms with Gasteiger partial charge in [-0.1, -0.05) is 6.92 Å². The van der Waals surface area contributed by atoms with Gasteiger partial charge in [0.05, 0.1) is 5.75 Å². The highest BCUT2D eigenvalue weighted by Crippen LogP contribution is 2.23. The molecule has 0 amide bonds. The van der Waals surface area contributed by atoms with Crippen LogP contribution in [0.25, 0.3) is 0 Å². The van der Waals surface area contributed by atoms with Gasteiger partial charge in [-0.3, -0.25) is 4.99 Å². The van der Waals surface area contributed by atoms with Gasteiger partial charge in [-0.2, -0.15) is 0 Å². The van der Waals surface area contributed by atoms with Crippen LogP contribution in [0, 0.1) is 5.92 Å². The minimum atomic E-state index is -2.91. The zero-order chi connectivity index (χ0) is 13.6. The summed E-state index contributed by atoms with van der Waals surface area (Å²) in [6.45, 7) is 2.69. The molecule has 1 aliphatic carbocycles. The first-order valence-corrected chi connectivity index (χ1v) is 8.61. The van der Waals surface area contributed by atoms with Crippen molar-refractivity contribution in [2.45, 2.75) is 38.6 Å². The summed E-state index contributed by atoms with van der Waals surface area (Å²) in [5, 5.41) is 6.40. The van der Waals surface area contributed by atoms with Crippen molar-refractivity contribution >= 4 is 15.8 Å². The van der Waals surface area contributed by atoms with Crippen molar-refractivity contribution in [3.05, 3.63) is 0 Å². The second-order valence-electron chi connectivity index (χ2n) is 5.23. The minimum absolute atomic E-state index is 0.134. The quantitative estimate of drug-likeness (QED) is 0.587. The molecule has 0 unspecified atom stereocenters. The standard InChI is InChI=1S/C12H25N3O2S/c1-10-4-6-11(7-5-10)15-12(13-2)14-8-9-18(3,16)17/h10-11H,4-9H2,1-3H3,(H2,13,14,15). The topological polar surface area (TPSA) is 70.6 Å². The Balaban J connectivity index is 2.30. The first-order chi connectivity index (χ1) is 8.40. The Morgan fingerprint density at radius 1 is 1.28 bits per heavy atom. The molecule has 5 nitrogen and oxygen atoms in total. The molecule has 6 heteroatoms. The van der Waals surface area contributed by atoms with Crippen molar-refractivity contribution in [1.82, 2.24) is 10.6 Å². The van der Waals surface area contributed by atoms with E-state index < -0.39 is 9.84 Å². The summed E-state index contributed by atoms with van der Waals surface area (Å²) in [5.74, 6) is 1.66. The molecule has 2 N–H and O–H groups in total. The number of hydrogen-bond donors (Lipinski definition) is 2. The molecule has 1 fully saturated rings. The Morgan fingerprint density at radius 3 is 2.39 bits per heavy atom. The van der Waals surface area contributed by atoms with Crippen molar-refractivity contribution in [1.29, 1.82) is 0 Å². The van der Waals surface area contributed by atoms with Crippen LogP contribution in [0.2, 0.25) is 0 Å². The molecule has 1 saturated carbocycles. The van der Waals surface area contributed by atoms with Crippen LogP contribution in [0.3, 0.4) is 0 Å². The van der Waals surface area contributed by atoms with E-state index in [9.17, 15) is 8.42 Å². The Bertz CT molecular complexity index is 371. The molecule has 0 radical (unpaired) electrons. The molecule has 0 atom stereocenters. The van der Waals surface area contributed by atoms with Crippen LogP contribution in [-0.2, 0) is 9.84 Å². The van der Waals surface area contributed by atoms with Gasteiger partial charge >= 0.3 is 0 Å². The Kier molecular flexibility index (Phi) is 5.91. The molecule has 0 saturated heterocycles. The van der Waals surface area contributed by atoms with Crippen LogP contribution in [0.15, 0.2) is 4.99 Å². The predicted molar refractivity (Wildman–Crippen MR) is 75.6 cm³/mol. The van der Waals surface area contributed by atoms with E-state index >= 15 is 0 Å². The molecular formula is C12H25N3O2S. The fourth-order valence-corrected chi connectivity index (χ4v) is 2.62. The third-order valence-electron chi connectivity index (χ3n) is 3.35. The molecule has 18 heavy (non-hydrogen) atoms. The van der Waals surface area contributed by atoms with Crippen molar-refractivity contribution in [3.8, 4) is 0 Å². The van der Waals surface area contributed by atoms with E-state index in [1.54, 1.807) is 7.05 Å². The Hall–Kier alpha value is -0.780. The van der Waals surface area contributed by atoms with E-state index in [0.717, 1.165) is 18.8 Å². The summed E-state index contributed by atoms with van der Waals surface area (Å²) in [6, 6.07) is 0.464. The Labute approximate surface area is 110 Å². The minimum Gasteiger partial charge on any atom is -0.355 e. The first kappa shape index (κ1) is 15.3. The third-order valence-corrected chi connectivity index (χ3v) is 4.29. The van der Waals surface area contributed by atoms with Gasteiger partial charge in [0.2, 0.25) is 0 Å². The second-order valence-corrected chi connectivity index (χ2v) is 7.49. The van der Waals surface area contributed by atoms with Crippen LogP contribution in [0.4, 0.5) is 0 Å². The number of sulfone groups is 1. The maximum Gasteiger partial charge on any atom is 0.191 e. The lowest BCUT2D eigenvalue weighted by molar-refractivity contribution is 0.329. The Morgan fingerprint density at radius 2 is 1.89 bits per heavy atom. The molecule has 0 aliphatic heterocycles. The summed E-state index contributed by atoms with van der Waals surface area (Å²) in [4.78, 5) is 4.12. The number of rotatable bonds is 4. The van der Waals surface area contributed by atoms with Crippen molar-refractivity contribution in [2.75, 3.05) is 25.6 Å². The highest BCUT2D eigenvalue weighted by atomic mass is 32.2. The highest BCUT2D eigenvalue weighted by Gasteiger charge is 2.18. The lowest BCUT2D eigenvalue weighted by atomic mass is 9.87. The van der Waals surface area contributed by atoms with Crippen LogP contribution in [0.1, 0.15) is 32.6 Å². The number of hydrogen-bond acceptors (Lipinski definition) is 3. The summed E-state index contributed by atoms with van der Waals surface area (Å²) < 4.78 is 22.1. The molecule has 0 spiro atoms. The lowest BCUT2D eigenvalue weighted by Gasteiger charge is -2.28. The van der Waals surface area contributed by atoms with Gasteiger partial charge in [0.15, 0.2) is 5.96 Å². The SMILES string of the molecule is CN=C(NCCS(C)(=O)=O)NC1CCC(C)CC1. The largest absolute Gasteiger partial charge is 0.355 e. The van der Waals surface area contributed by atoms with Gasteiger partial charge in [0.25, 0.3) is 0 Å². The van der Waals surface area contributed by atoms with Crippen molar-refractivity contribution < 1.29 is 8.42 Å². The first-order valence-electron chi connectivity index (χ1n) is 6.55. The molecule has 106 valence electrons. The van der Waals surface area contributed by atoms with Crippen LogP contribution in [-0.4, -0.2) is 46.0 Å². The van der Waals surface area contributed by atoms with Crippen molar-refractivity contribution in [2.24, 2.45) is 10.9 Å². The van der Waals surface area contributed by atoms with E-state index in [4.69, 9.17) is 0 Å². The van der Waals surface area contributed by atoms with Crippen LogP contribution in [0.5, 0.6) is 0 Å². The third kappa shape index (κ3) is 6.23. The smallest absolute Gasteiger partial charge is 0.191 e. The highest BCUT2D eigenvalue weighted by molar-refractivity contribution is 7.90. The maximum atomic E-state index is 11.0. The average molecular weight is 275 g/mol. The molecule has 0 aromatic heterocycles. The van der Waals surface area contributed by atoms with E-state index in [-0.39, 0.29) is 5.75 Å². The van der Waals surface area contributed by atoms with Gasteiger partial charge in [-0.25, -0.2) is 8.42 Å². The van der Waals surface area contributed by atoms with E-state index in [1.165, 1.54) is 19.1 Å². The number of guanidine groups is 1. The second kappa shape index (κ2) is 6.97. The average Bonchev–Trinajstić information content (AvgIpc) is 2.29. The zero-order valence-electron chi connectivity index (χ0n) is 11.6. The number of nitrogens with zero attached hydrogens (tertiary/aromatic N) is 1. The predicted octanol–water partition coefficient (Wildman–Crippen LogP) is 0.775. The fourth-order valence-electron chi connectivity index (χ4n) is 2.15. The summed E-state index contributed by atoms with van der Waals surface area (Å²) >= 11 is 0. The van der Waals surface area contributed by atoms with Gasteiger partial charge in [0.1, 0.15) is 9.84 Å². The maximum absolute atomic E-state index is 11.0.